The molecule has 0 unspecified atom stereocenters. The summed E-state index contributed by atoms with van der Waals surface area (Å²) in [6, 6.07) is 15.8. The maximum Gasteiger partial charge on any atom is 0.238 e. The largest absolute Gasteiger partial charge is 0.298 e. The second-order valence-electron chi connectivity index (χ2n) is 7.44. The van der Waals surface area contributed by atoms with Gasteiger partial charge in [0.2, 0.25) is 10.0 Å². The molecule has 0 radical (unpaired) electrons. The summed E-state index contributed by atoms with van der Waals surface area (Å²) in [6.07, 6.45) is 4.84. The Kier molecular flexibility index (Phi) is 4.18. The van der Waals surface area contributed by atoms with Gasteiger partial charge in [-0.25, -0.2) is 13.6 Å². The summed E-state index contributed by atoms with van der Waals surface area (Å²) in [5, 5.41) is 5.16. The summed E-state index contributed by atoms with van der Waals surface area (Å²) in [5.41, 5.74) is 4.55. The van der Waals surface area contributed by atoms with Gasteiger partial charge < -0.3 is 0 Å². The van der Waals surface area contributed by atoms with Gasteiger partial charge >= 0.3 is 0 Å². The first-order valence-electron chi connectivity index (χ1n) is 8.89. The Hall–Kier alpha value is -1.69. The van der Waals surface area contributed by atoms with Gasteiger partial charge in [-0.1, -0.05) is 42.8 Å². The molecule has 0 bridgehead atoms. The molecule has 0 atom stereocenters. The number of benzene rings is 2. The minimum atomic E-state index is -3.61. The molecular weight excluding hydrogens is 332 g/mol. The van der Waals surface area contributed by atoms with Gasteiger partial charge in [0.15, 0.2) is 0 Å². The van der Waals surface area contributed by atoms with Gasteiger partial charge in [0.25, 0.3) is 0 Å². The molecule has 1 fully saturated rings. The number of primary sulfonamides is 1. The number of fused-ring (bicyclic) bond motifs is 2. The summed E-state index contributed by atoms with van der Waals surface area (Å²) in [5.74, 6) is 0. The third-order valence-corrected chi connectivity index (χ3v) is 6.72. The molecule has 4 rings (SSSR count). The van der Waals surface area contributed by atoms with Crippen LogP contribution < -0.4 is 5.14 Å². The fraction of sp³-hybridized carbons (Fsp3) is 0.400. The number of nitrogens with two attached hydrogens (primary N) is 1. The molecule has 2 aromatic carbocycles. The fourth-order valence-electron chi connectivity index (χ4n) is 4.31. The Morgan fingerprint density at radius 1 is 1.04 bits per heavy atom. The standard InChI is InChI=1S/C20H24N2O2S/c21-25(23,24)18-8-6-16(7-9-18)10-13-22-14-17-4-1-2-5-19(17)20(15-22)11-3-12-20/h1-2,4-9H,3,10-15H2,(H2,21,23,24). The van der Waals surface area contributed by atoms with Crippen LogP contribution in [0.25, 0.3) is 0 Å². The molecule has 25 heavy (non-hydrogen) atoms. The normalized spacial score (nSPS) is 19.4. The molecule has 2 aliphatic rings. The first kappa shape index (κ1) is 16.8. The monoisotopic (exact) mass is 356 g/mol. The number of rotatable bonds is 4. The van der Waals surface area contributed by atoms with Crippen molar-refractivity contribution >= 4 is 10.0 Å². The highest BCUT2D eigenvalue weighted by Gasteiger charge is 2.43. The Balaban J connectivity index is 1.46. The van der Waals surface area contributed by atoms with Crippen molar-refractivity contribution in [3.63, 3.8) is 0 Å². The zero-order valence-corrected chi connectivity index (χ0v) is 15.1. The molecule has 2 N–H and O–H groups in total. The maximum atomic E-state index is 11.3. The topological polar surface area (TPSA) is 63.4 Å². The molecule has 1 spiro atoms. The Morgan fingerprint density at radius 3 is 2.40 bits per heavy atom. The molecular formula is C20H24N2O2S. The summed E-state index contributed by atoms with van der Waals surface area (Å²) in [4.78, 5) is 2.73. The van der Waals surface area contributed by atoms with Crippen LogP contribution >= 0.6 is 0 Å². The van der Waals surface area contributed by atoms with Crippen molar-refractivity contribution in [1.29, 1.82) is 0 Å². The highest BCUT2D eigenvalue weighted by Crippen LogP contribution is 2.48. The van der Waals surface area contributed by atoms with Crippen molar-refractivity contribution in [3.8, 4) is 0 Å². The molecule has 0 amide bonds. The van der Waals surface area contributed by atoms with Crippen molar-refractivity contribution in [1.82, 2.24) is 4.90 Å². The number of hydrogen-bond donors (Lipinski definition) is 1. The van der Waals surface area contributed by atoms with Crippen LogP contribution in [0.2, 0.25) is 0 Å². The van der Waals surface area contributed by atoms with Gasteiger partial charge in [0.1, 0.15) is 0 Å². The van der Waals surface area contributed by atoms with E-state index in [4.69, 9.17) is 5.14 Å². The van der Waals surface area contributed by atoms with Gasteiger partial charge in [-0.05, 0) is 48.1 Å². The molecule has 2 aromatic rings. The van der Waals surface area contributed by atoms with Crippen LogP contribution in [0.15, 0.2) is 53.4 Å². The Morgan fingerprint density at radius 2 is 1.76 bits per heavy atom. The van der Waals surface area contributed by atoms with Crippen LogP contribution in [0.5, 0.6) is 0 Å². The molecule has 5 heteroatoms. The second kappa shape index (κ2) is 6.24. The summed E-state index contributed by atoms with van der Waals surface area (Å²) < 4.78 is 22.7. The van der Waals surface area contributed by atoms with E-state index >= 15 is 0 Å². The van der Waals surface area contributed by atoms with Crippen LogP contribution in [0, 0.1) is 0 Å². The van der Waals surface area contributed by atoms with Gasteiger partial charge in [0, 0.05) is 25.0 Å². The van der Waals surface area contributed by atoms with Crippen LogP contribution in [-0.4, -0.2) is 26.4 Å². The first-order chi connectivity index (χ1) is 12.0. The lowest BCUT2D eigenvalue weighted by Gasteiger charge is -2.50. The lowest BCUT2D eigenvalue weighted by Crippen LogP contribution is -2.50. The van der Waals surface area contributed by atoms with E-state index in [-0.39, 0.29) is 4.90 Å². The third kappa shape index (κ3) is 3.24. The van der Waals surface area contributed by atoms with Gasteiger partial charge in [0.05, 0.1) is 4.90 Å². The number of hydrogen-bond acceptors (Lipinski definition) is 3. The van der Waals surface area contributed by atoms with Crippen molar-refractivity contribution in [3.05, 3.63) is 65.2 Å². The van der Waals surface area contributed by atoms with Crippen molar-refractivity contribution < 1.29 is 8.42 Å². The van der Waals surface area contributed by atoms with Crippen LogP contribution in [0.3, 0.4) is 0 Å². The van der Waals surface area contributed by atoms with Crippen molar-refractivity contribution in [2.24, 2.45) is 5.14 Å². The van der Waals surface area contributed by atoms with E-state index in [0.29, 0.717) is 5.41 Å². The lowest BCUT2D eigenvalue weighted by molar-refractivity contribution is 0.115. The summed E-state index contributed by atoms with van der Waals surface area (Å²) in [7, 11) is -3.61. The summed E-state index contributed by atoms with van der Waals surface area (Å²) >= 11 is 0. The quantitative estimate of drug-likeness (QED) is 0.916. The number of sulfonamides is 1. The van der Waals surface area contributed by atoms with Crippen LogP contribution in [0.4, 0.5) is 0 Å². The van der Waals surface area contributed by atoms with E-state index < -0.39 is 10.0 Å². The predicted molar refractivity (Wildman–Crippen MR) is 98.8 cm³/mol. The molecule has 1 aliphatic heterocycles. The molecule has 132 valence electrons. The minimum absolute atomic E-state index is 0.177. The molecule has 0 aromatic heterocycles. The van der Waals surface area contributed by atoms with E-state index in [1.807, 2.05) is 12.1 Å². The molecule has 1 saturated carbocycles. The van der Waals surface area contributed by atoms with E-state index in [0.717, 1.165) is 31.6 Å². The van der Waals surface area contributed by atoms with Crippen LogP contribution in [-0.2, 0) is 28.4 Å². The van der Waals surface area contributed by atoms with Gasteiger partial charge in [-0.3, -0.25) is 4.90 Å². The maximum absolute atomic E-state index is 11.3. The highest BCUT2D eigenvalue weighted by atomic mass is 32.2. The Bertz CT molecular complexity index is 871. The average Bonchev–Trinajstić information content (AvgIpc) is 2.57. The van der Waals surface area contributed by atoms with E-state index in [2.05, 4.69) is 29.2 Å². The molecule has 1 heterocycles. The second-order valence-corrected chi connectivity index (χ2v) is 9.00. The smallest absolute Gasteiger partial charge is 0.238 e. The molecule has 4 nitrogen and oxygen atoms in total. The van der Waals surface area contributed by atoms with E-state index in [1.165, 1.54) is 24.8 Å². The summed E-state index contributed by atoms with van der Waals surface area (Å²) in [6.45, 7) is 3.14. The van der Waals surface area contributed by atoms with Crippen molar-refractivity contribution in [2.75, 3.05) is 13.1 Å². The van der Waals surface area contributed by atoms with Gasteiger partial charge in [-0.2, -0.15) is 0 Å². The average molecular weight is 356 g/mol. The lowest BCUT2D eigenvalue weighted by atomic mass is 9.61. The fourth-order valence-corrected chi connectivity index (χ4v) is 4.82. The zero-order valence-electron chi connectivity index (χ0n) is 14.3. The van der Waals surface area contributed by atoms with Crippen LogP contribution in [0.1, 0.15) is 36.0 Å². The van der Waals surface area contributed by atoms with E-state index in [1.54, 1.807) is 17.7 Å². The van der Waals surface area contributed by atoms with Gasteiger partial charge in [-0.15, -0.1) is 0 Å². The number of nitrogens with zero attached hydrogens (tertiary/aromatic N) is 1. The predicted octanol–water partition coefficient (Wildman–Crippen LogP) is 2.81. The Labute approximate surface area is 149 Å². The highest BCUT2D eigenvalue weighted by molar-refractivity contribution is 7.89. The van der Waals surface area contributed by atoms with E-state index in [9.17, 15) is 8.42 Å². The SMILES string of the molecule is NS(=O)(=O)c1ccc(CCN2Cc3ccccc3C3(CCC3)C2)cc1. The van der Waals surface area contributed by atoms with Crippen molar-refractivity contribution in [2.45, 2.75) is 42.5 Å². The molecule has 1 aliphatic carbocycles. The minimum Gasteiger partial charge on any atom is -0.298 e. The molecule has 0 saturated heterocycles. The third-order valence-electron chi connectivity index (χ3n) is 5.79. The first-order valence-corrected chi connectivity index (χ1v) is 10.4. The zero-order chi connectivity index (χ0) is 17.5.